The van der Waals surface area contributed by atoms with Gasteiger partial charge in [-0.1, -0.05) is 66.7 Å². The van der Waals surface area contributed by atoms with E-state index >= 15 is 0 Å². The van der Waals surface area contributed by atoms with E-state index in [4.69, 9.17) is 0 Å². The highest BCUT2D eigenvalue weighted by Gasteiger charge is 2.65. The highest BCUT2D eigenvalue weighted by Crippen LogP contribution is 2.63. The van der Waals surface area contributed by atoms with Gasteiger partial charge in [-0.3, -0.25) is 0 Å². The molecule has 0 unspecified atom stereocenters. The quantitative estimate of drug-likeness (QED) is 0.877. The van der Waals surface area contributed by atoms with E-state index in [2.05, 4.69) is 45.9 Å². The Labute approximate surface area is 129 Å². The van der Waals surface area contributed by atoms with Crippen LogP contribution in [0.4, 0.5) is 0 Å². The van der Waals surface area contributed by atoms with Gasteiger partial charge in [0.15, 0.2) is 0 Å². The second-order valence-corrected chi connectivity index (χ2v) is 7.94. The first-order valence-electron chi connectivity index (χ1n) is 8.07. The molecule has 0 amide bonds. The molecule has 1 aromatic rings. The standard InChI is InChI=1S/C19H30O2/c1-8-16(20)18(6,7)19(21)14-10-9-13(12(2)3)11-15(14)17(19,4)5/h9-12,16,20-21H,8H2,1-7H3/t16-,19-/m1/s1. The van der Waals surface area contributed by atoms with Crippen LogP contribution in [0.2, 0.25) is 0 Å². The first kappa shape index (κ1) is 16.5. The van der Waals surface area contributed by atoms with Gasteiger partial charge in [0.25, 0.3) is 0 Å². The van der Waals surface area contributed by atoms with Gasteiger partial charge in [-0.25, -0.2) is 0 Å². The number of hydrogen-bond acceptors (Lipinski definition) is 2. The van der Waals surface area contributed by atoms with Crippen LogP contribution in [-0.4, -0.2) is 16.3 Å². The number of fused-ring (bicyclic) bond motifs is 1. The van der Waals surface area contributed by atoms with Crippen molar-refractivity contribution < 1.29 is 10.2 Å². The highest BCUT2D eigenvalue weighted by atomic mass is 16.3. The van der Waals surface area contributed by atoms with E-state index in [0.29, 0.717) is 12.3 Å². The lowest BCUT2D eigenvalue weighted by molar-refractivity contribution is -0.191. The Morgan fingerprint density at radius 3 is 2.19 bits per heavy atom. The topological polar surface area (TPSA) is 40.5 Å². The van der Waals surface area contributed by atoms with Gasteiger partial charge >= 0.3 is 0 Å². The van der Waals surface area contributed by atoms with E-state index in [0.717, 1.165) is 5.56 Å². The normalized spacial score (nSPS) is 25.4. The van der Waals surface area contributed by atoms with Crippen LogP contribution in [-0.2, 0) is 11.0 Å². The third-order valence-electron chi connectivity index (χ3n) is 5.83. The summed E-state index contributed by atoms with van der Waals surface area (Å²) in [6.45, 7) is 14.5. The zero-order chi connectivity index (χ0) is 16.2. The maximum Gasteiger partial charge on any atom is 0.106 e. The van der Waals surface area contributed by atoms with Crippen LogP contribution >= 0.6 is 0 Å². The van der Waals surface area contributed by atoms with Crippen molar-refractivity contribution in [1.82, 2.24) is 0 Å². The predicted molar refractivity (Wildman–Crippen MR) is 87.5 cm³/mol. The molecule has 2 N–H and O–H groups in total. The fourth-order valence-corrected chi connectivity index (χ4v) is 4.13. The lowest BCUT2D eigenvalue weighted by Gasteiger charge is -2.62. The van der Waals surface area contributed by atoms with E-state index in [1.807, 2.05) is 20.8 Å². The molecule has 2 atom stereocenters. The number of aliphatic hydroxyl groups is 2. The van der Waals surface area contributed by atoms with Crippen molar-refractivity contribution in [1.29, 1.82) is 0 Å². The largest absolute Gasteiger partial charge is 0.392 e. The third-order valence-corrected chi connectivity index (χ3v) is 5.83. The summed E-state index contributed by atoms with van der Waals surface area (Å²) in [6, 6.07) is 6.39. The zero-order valence-corrected chi connectivity index (χ0v) is 14.5. The molecule has 1 aliphatic carbocycles. The molecular formula is C19H30O2. The van der Waals surface area contributed by atoms with Crippen molar-refractivity contribution in [3.05, 3.63) is 34.9 Å². The monoisotopic (exact) mass is 290 g/mol. The summed E-state index contributed by atoms with van der Waals surface area (Å²) in [6.07, 6.45) is 0.116. The van der Waals surface area contributed by atoms with E-state index < -0.39 is 17.1 Å². The first-order chi connectivity index (χ1) is 9.51. The molecule has 0 aromatic heterocycles. The van der Waals surface area contributed by atoms with Crippen molar-refractivity contribution in [2.75, 3.05) is 0 Å². The van der Waals surface area contributed by atoms with Crippen LogP contribution in [0.5, 0.6) is 0 Å². The first-order valence-corrected chi connectivity index (χ1v) is 8.07. The van der Waals surface area contributed by atoms with E-state index in [-0.39, 0.29) is 5.41 Å². The Balaban J connectivity index is 2.57. The zero-order valence-electron chi connectivity index (χ0n) is 14.5. The molecule has 2 rings (SSSR count). The number of rotatable bonds is 4. The Hall–Kier alpha value is -0.860. The maximum absolute atomic E-state index is 11.5. The summed E-state index contributed by atoms with van der Waals surface area (Å²) >= 11 is 0. The van der Waals surface area contributed by atoms with Crippen molar-refractivity contribution in [2.24, 2.45) is 5.41 Å². The van der Waals surface area contributed by atoms with Crippen LogP contribution in [0.25, 0.3) is 0 Å². The minimum atomic E-state index is -1.000. The Morgan fingerprint density at radius 1 is 1.14 bits per heavy atom. The molecule has 0 aliphatic heterocycles. The average molecular weight is 290 g/mol. The van der Waals surface area contributed by atoms with Crippen LogP contribution in [0, 0.1) is 5.41 Å². The molecule has 0 bridgehead atoms. The van der Waals surface area contributed by atoms with Gasteiger partial charge in [0.2, 0.25) is 0 Å². The molecule has 118 valence electrons. The summed E-state index contributed by atoms with van der Waals surface area (Å²) in [7, 11) is 0. The fraction of sp³-hybridized carbons (Fsp3) is 0.684. The summed E-state index contributed by atoms with van der Waals surface area (Å²) in [5.41, 5.74) is 1.56. The summed E-state index contributed by atoms with van der Waals surface area (Å²) in [5, 5.41) is 21.9. The molecule has 0 fully saturated rings. The molecule has 0 heterocycles. The van der Waals surface area contributed by atoms with Crippen LogP contribution in [0.3, 0.4) is 0 Å². The number of benzene rings is 1. The lowest BCUT2D eigenvalue weighted by Crippen LogP contribution is -2.65. The maximum atomic E-state index is 11.5. The molecule has 0 spiro atoms. The molecule has 0 saturated heterocycles. The van der Waals surface area contributed by atoms with E-state index in [1.165, 1.54) is 11.1 Å². The summed E-state index contributed by atoms with van der Waals surface area (Å²) in [5.74, 6) is 0.481. The second kappa shape index (κ2) is 4.82. The van der Waals surface area contributed by atoms with Crippen LogP contribution in [0.15, 0.2) is 18.2 Å². The minimum Gasteiger partial charge on any atom is -0.392 e. The van der Waals surface area contributed by atoms with Crippen molar-refractivity contribution >= 4 is 0 Å². The Morgan fingerprint density at radius 2 is 1.71 bits per heavy atom. The Bertz CT molecular complexity index is 542. The second-order valence-electron chi connectivity index (χ2n) is 7.94. The smallest absolute Gasteiger partial charge is 0.106 e. The number of hydrogen-bond donors (Lipinski definition) is 2. The molecule has 21 heavy (non-hydrogen) atoms. The lowest BCUT2D eigenvalue weighted by atomic mass is 9.45. The molecular weight excluding hydrogens is 260 g/mol. The van der Waals surface area contributed by atoms with Gasteiger partial charge in [-0.15, -0.1) is 0 Å². The van der Waals surface area contributed by atoms with Gasteiger partial charge < -0.3 is 10.2 Å². The van der Waals surface area contributed by atoms with Gasteiger partial charge in [0.05, 0.1) is 6.10 Å². The third kappa shape index (κ3) is 1.92. The number of aliphatic hydroxyl groups excluding tert-OH is 1. The molecule has 1 aliphatic rings. The molecule has 0 radical (unpaired) electrons. The highest BCUT2D eigenvalue weighted by molar-refractivity contribution is 5.55. The molecule has 1 aromatic carbocycles. The van der Waals surface area contributed by atoms with Crippen molar-refractivity contribution in [3.8, 4) is 0 Å². The van der Waals surface area contributed by atoms with Gasteiger partial charge in [0, 0.05) is 10.8 Å². The SMILES string of the molecule is CC[C@@H](O)C(C)(C)[C@@]1(O)c2ccc(C(C)C)cc2C1(C)C. The fourth-order valence-electron chi connectivity index (χ4n) is 4.13. The molecule has 0 saturated carbocycles. The van der Waals surface area contributed by atoms with Gasteiger partial charge in [0.1, 0.15) is 5.60 Å². The van der Waals surface area contributed by atoms with Gasteiger partial charge in [-0.05, 0) is 29.0 Å². The predicted octanol–water partition coefficient (Wildman–Crippen LogP) is 4.09. The van der Waals surface area contributed by atoms with E-state index in [9.17, 15) is 10.2 Å². The Kier molecular flexibility index (Phi) is 3.79. The summed E-state index contributed by atoms with van der Waals surface area (Å²) < 4.78 is 0. The van der Waals surface area contributed by atoms with Crippen LogP contribution < -0.4 is 0 Å². The minimum absolute atomic E-state index is 0.354. The van der Waals surface area contributed by atoms with Gasteiger partial charge in [-0.2, -0.15) is 0 Å². The van der Waals surface area contributed by atoms with Crippen molar-refractivity contribution in [3.63, 3.8) is 0 Å². The summed E-state index contributed by atoms with van der Waals surface area (Å²) in [4.78, 5) is 0. The average Bonchev–Trinajstić information content (AvgIpc) is 2.44. The van der Waals surface area contributed by atoms with Crippen LogP contribution in [0.1, 0.15) is 77.5 Å². The van der Waals surface area contributed by atoms with E-state index in [1.54, 1.807) is 0 Å². The van der Waals surface area contributed by atoms with Crippen molar-refractivity contribution in [2.45, 2.75) is 77.9 Å². The molecule has 2 heteroatoms. The molecule has 2 nitrogen and oxygen atoms in total.